The van der Waals surface area contributed by atoms with Crippen molar-refractivity contribution in [3.05, 3.63) is 81.5 Å². The summed E-state index contributed by atoms with van der Waals surface area (Å²) in [5, 5.41) is 16.2. The average molecular weight is 383 g/mol. The van der Waals surface area contributed by atoms with Gasteiger partial charge in [0.2, 0.25) is 0 Å². The van der Waals surface area contributed by atoms with Gasteiger partial charge in [0.25, 0.3) is 17.5 Å². The highest BCUT2D eigenvalue weighted by molar-refractivity contribution is 6.05. The van der Waals surface area contributed by atoms with Crippen LogP contribution in [0.2, 0.25) is 0 Å². The van der Waals surface area contributed by atoms with Gasteiger partial charge in [-0.25, -0.2) is 0 Å². The number of nitro benzene ring substituents is 1. The number of hydrogen-bond acceptors (Lipinski definition) is 5. The van der Waals surface area contributed by atoms with E-state index in [-0.39, 0.29) is 11.4 Å². The smallest absolute Gasteiger partial charge is 0.270 e. The van der Waals surface area contributed by atoms with Crippen molar-refractivity contribution in [2.75, 3.05) is 20.3 Å². The third-order valence-electron chi connectivity index (χ3n) is 3.73. The monoisotopic (exact) mass is 383 g/mol. The van der Waals surface area contributed by atoms with Crippen LogP contribution in [0.5, 0.6) is 0 Å². The molecule has 0 heterocycles. The lowest BCUT2D eigenvalue weighted by atomic mass is 10.1. The predicted molar refractivity (Wildman–Crippen MR) is 104 cm³/mol. The Labute approximate surface area is 162 Å². The van der Waals surface area contributed by atoms with Crippen LogP contribution in [0.25, 0.3) is 6.08 Å². The van der Waals surface area contributed by atoms with Crippen LogP contribution in [-0.2, 0) is 9.53 Å². The van der Waals surface area contributed by atoms with Crippen LogP contribution >= 0.6 is 0 Å². The molecular weight excluding hydrogens is 362 g/mol. The van der Waals surface area contributed by atoms with E-state index in [1.54, 1.807) is 43.5 Å². The average Bonchev–Trinajstić information content (AvgIpc) is 2.71. The third-order valence-corrected chi connectivity index (χ3v) is 3.73. The second-order valence-electron chi connectivity index (χ2n) is 5.83. The quantitative estimate of drug-likeness (QED) is 0.299. The molecule has 0 saturated heterocycles. The van der Waals surface area contributed by atoms with Crippen molar-refractivity contribution in [1.29, 1.82) is 0 Å². The normalized spacial score (nSPS) is 11.0. The summed E-state index contributed by atoms with van der Waals surface area (Å²) in [4.78, 5) is 35.4. The molecule has 0 spiro atoms. The summed E-state index contributed by atoms with van der Waals surface area (Å²) in [5.74, 6) is -0.948. The first-order valence-corrected chi connectivity index (χ1v) is 8.61. The van der Waals surface area contributed by atoms with Gasteiger partial charge in [-0.2, -0.15) is 0 Å². The van der Waals surface area contributed by atoms with Crippen LogP contribution in [0.3, 0.4) is 0 Å². The Morgan fingerprint density at radius 2 is 1.89 bits per heavy atom. The number of non-ortho nitro benzene ring substituents is 1. The maximum absolute atomic E-state index is 12.5. The van der Waals surface area contributed by atoms with Gasteiger partial charge in [-0.1, -0.05) is 30.3 Å². The van der Waals surface area contributed by atoms with Gasteiger partial charge >= 0.3 is 0 Å². The number of carbonyl (C=O) groups excluding carboxylic acids is 2. The Morgan fingerprint density at radius 1 is 1.14 bits per heavy atom. The highest BCUT2D eigenvalue weighted by Gasteiger charge is 2.15. The Balaban J connectivity index is 2.24. The summed E-state index contributed by atoms with van der Waals surface area (Å²) in [7, 11) is 1.57. The standard InChI is InChI=1S/C20H21N3O5/c1-28-12-6-11-21-20(25)18(22-19(24)16-8-3-2-4-9-16)14-15-7-5-10-17(13-15)23(26)27/h2-5,7-10,13-14H,6,11-12H2,1H3,(H,21,25)(H,22,24). The molecule has 2 aromatic rings. The molecule has 2 amide bonds. The molecule has 0 aliphatic heterocycles. The number of methoxy groups -OCH3 is 1. The minimum atomic E-state index is -0.523. The zero-order chi connectivity index (χ0) is 20.4. The van der Waals surface area contributed by atoms with Crippen molar-refractivity contribution in [2.24, 2.45) is 0 Å². The van der Waals surface area contributed by atoms with Crippen molar-refractivity contribution in [3.63, 3.8) is 0 Å². The van der Waals surface area contributed by atoms with E-state index in [0.29, 0.717) is 30.7 Å². The van der Waals surface area contributed by atoms with Crippen LogP contribution < -0.4 is 10.6 Å². The number of benzene rings is 2. The Bertz CT molecular complexity index is 865. The molecule has 2 aromatic carbocycles. The van der Waals surface area contributed by atoms with E-state index in [1.165, 1.54) is 24.3 Å². The minimum absolute atomic E-state index is 0.00762. The molecule has 8 nitrogen and oxygen atoms in total. The van der Waals surface area contributed by atoms with E-state index in [9.17, 15) is 19.7 Å². The fourth-order valence-corrected chi connectivity index (χ4v) is 2.35. The number of rotatable bonds is 9. The van der Waals surface area contributed by atoms with Gasteiger partial charge in [-0.05, 0) is 30.2 Å². The molecule has 0 fully saturated rings. The second kappa shape index (κ2) is 10.6. The van der Waals surface area contributed by atoms with Crippen LogP contribution in [0.15, 0.2) is 60.3 Å². The zero-order valence-corrected chi connectivity index (χ0v) is 15.4. The topological polar surface area (TPSA) is 111 Å². The molecular formula is C20H21N3O5. The van der Waals surface area contributed by atoms with Gasteiger partial charge in [0.15, 0.2) is 0 Å². The molecule has 8 heteroatoms. The third kappa shape index (κ3) is 6.33. The number of carbonyl (C=O) groups is 2. The first-order valence-electron chi connectivity index (χ1n) is 8.61. The van der Waals surface area contributed by atoms with E-state index in [0.717, 1.165) is 0 Å². The summed E-state index contributed by atoms with van der Waals surface area (Å²) in [6, 6.07) is 14.2. The van der Waals surface area contributed by atoms with Crippen molar-refractivity contribution in [2.45, 2.75) is 6.42 Å². The maximum atomic E-state index is 12.5. The zero-order valence-electron chi connectivity index (χ0n) is 15.4. The van der Waals surface area contributed by atoms with E-state index < -0.39 is 16.7 Å². The largest absolute Gasteiger partial charge is 0.385 e. The Kier molecular flexibility index (Phi) is 7.86. The van der Waals surface area contributed by atoms with Gasteiger partial charge in [0.1, 0.15) is 5.70 Å². The first kappa shape index (κ1) is 20.8. The number of ether oxygens (including phenoxy) is 1. The maximum Gasteiger partial charge on any atom is 0.270 e. The van der Waals surface area contributed by atoms with E-state index >= 15 is 0 Å². The molecule has 28 heavy (non-hydrogen) atoms. The number of nitro groups is 1. The molecule has 0 radical (unpaired) electrons. The SMILES string of the molecule is COCCCNC(=O)C(=Cc1cccc([N+](=O)[O-])c1)NC(=O)c1ccccc1. The van der Waals surface area contributed by atoms with E-state index in [2.05, 4.69) is 10.6 Å². The van der Waals surface area contributed by atoms with Crippen LogP contribution in [0, 0.1) is 10.1 Å². The highest BCUT2D eigenvalue weighted by atomic mass is 16.6. The Hall–Kier alpha value is -3.52. The van der Waals surface area contributed by atoms with Crippen molar-refractivity contribution in [3.8, 4) is 0 Å². The number of nitrogens with one attached hydrogen (secondary N) is 2. The summed E-state index contributed by atoms with van der Waals surface area (Å²) in [6.07, 6.45) is 2.01. The molecule has 0 aromatic heterocycles. The Morgan fingerprint density at radius 3 is 2.57 bits per heavy atom. The molecule has 0 atom stereocenters. The predicted octanol–water partition coefficient (Wildman–Crippen LogP) is 2.52. The van der Waals surface area contributed by atoms with Crippen LogP contribution in [0.1, 0.15) is 22.3 Å². The summed E-state index contributed by atoms with van der Waals surface area (Å²) in [5.41, 5.74) is 0.694. The van der Waals surface area contributed by atoms with Crippen molar-refractivity contribution >= 4 is 23.6 Å². The minimum Gasteiger partial charge on any atom is -0.385 e. The van der Waals surface area contributed by atoms with E-state index in [1.807, 2.05) is 0 Å². The molecule has 0 aliphatic carbocycles. The van der Waals surface area contributed by atoms with Crippen LogP contribution in [0.4, 0.5) is 5.69 Å². The molecule has 0 saturated carbocycles. The molecule has 146 valence electrons. The fraction of sp³-hybridized carbons (Fsp3) is 0.200. The molecule has 0 unspecified atom stereocenters. The lowest BCUT2D eigenvalue weighted by molar-refractivity contribution is -0.384. The summed E-state index contributed by atoms with van der Waals surface area (Å²) >= 11 is 0. The van der Waals surface area contributed by atoms with Crippen molar-refractivity contribution < 1.29 is 19.2 Å². The van der Waals surface area contributed by atoms with Crippen LogP contribution in [-0.4, -0.2) is 37.0 Å². The van der Waals surface area contributed by atoms with Gasteiger partial charge in [0, 0.05) is 38.0 Å². The van der Waals surface area contributed by atoms with Gasteiger partial charge < -0.3 is 15.4 Å². The molecule has 0 aliphatic rings. The summed E-state index contributed by atoms with van der Waals surface area (Å²) < 4.78 is 4.94. The second-order valence-corrected chi connectivity index (χ2v) is 5.83. The molecule has 0 bridgehead atoms. The lowest BCUT2D eigenvalue weighted by Crippen LogP contribution is -2.35. The molecule has 2 N–H and O–H groups in total. The summed E-state index contributed by atoms with van der Waals surface area (Å²) in [6.45, 7) is 0.848. The number of hydrogen-bond donors (Lipinski definition) is 2. The highest BCUT2D eigenvalue weighted by Crippen LogP contribution is 2.15. The van der Waals surface area contributed by atoms with Gasteiger partial charge in [-0.15, -0.1) is 0 Å². The number of nitrogens with zero attached hydrogens (tertiary/aromatic N) is 1. The van der Waals surface area contributed by atoms with Gasteiger partial charge in [0.05, 0.1) is 4.92 Å². The molecule has 2 rings (SSSR count). The first-order chi connectivity index (χ1) is 13.5. The lowest BCUT2D eigenvalue weighted by Gasteiger charge is -2.11. The van der Waals surface area contributed by atoms with Crippen molar-refractivity contribution in [1.82, 2.24) is 10.6 Å². The van der Waals surface area contributed by atoms with E-state index in [4.69, 9.17) is 4.74 Å². The number of amides is 2. The van der Waals surface area contributed by atoms with Gasteiger partial charge in [-0.3, -0.25) is 19.7 Å². The fourth-order valence-electron chi connectivity index (χ4n) is 2.35.